The molecule has 0 aliphatic heterocycles. The number of rotatable bonds is 8. The molecule has 6 nitrogen and oxygen atoms in total. The van der Waals surface area contributed by atoms with Gasteiger partial charge in [0.15, 0.2) is 0 Å². The lowest BCUT2D eigenvalue weighted by atomic mass is 10.0. The van der Waals surface area contributed by atoms with E-state index in [9.17, 15) is 14.9 Å². The number of nitro benzene ring substituents is 1. The number of likely N-dealkylation sites (N-methyl/N-ethyl adjacent to an activating group) is 1. The molecule has 2 atom stereocenters. The van der Waals surface area contributed by atoms with Crippen molar-refractivity contribution in [3.8, 4) is 0 Å². The van der Waals surface area contributed by atoms with Crippen LogP contribution in [-0.4, -0.2) is 23.4 Å². The molecule has 0 saturated heterocycles. The Kier molecular flexibility index (Phi) is 6.81. The quantitative estimate of drug-likeness (QED) is 0.570. The summed E-state index contributed by atoms with van der Waals surface area (Å²) in [6, 6.07) is 6.14. The molecule has 21 heavy (non-hydrogen) atoms. The predicted molar refractivity (Wildman–Crippen MR) is 82.0 cm³/mol. The van der Waals surface area contributed by atoms with Crippen molar-refractivity contribution in [2.75, 3.05) is 6.54 Å². The van der Waals surface area contributed by atoms with Gasteiger partial charge in [-0.2, -0.15) is 0 Å². The molecule has 2 unspecified atom stereocenters. The molecule has 0 radical (unpaired) electrons. The third kappa shape index (κ3) is 5.15. The van der Waals surface area contributed by atoms with E-state index in [1.807, 2.05) is 19.9 Å². The molecule has 0 spiro atoms. The summed E-state index contributed by atoms with van der Waals surface area (Å²) in [5.74, 6) is -0.0657. The van der Waals surface area contributed by atoms with E-state index in [0.29, 0.717) is 6.54 Å². The number of benzene rings is 1. The lowest BCUT2D eigenvalue weighted by molar-refractivity contribution is -0.384. The zero-order valence-electron chi connectivity index (χ0n) is 12.8. The van der Waals surface area contributed by atoms with Gasteiger partial charge < -0.3 is 5.32 Å². The van der Waals surface area contributed by atoms with Crippen molar-refractivity contribution in [2.24, 2.45) is 0 Å². The highest BCUT2D eigenvalue weighted by Gasteiger charge is 2.19. The van der Waals surface area contributed by atoms with Crippen molar-refractivity contribution in [1.82, 2.24) is 10.6 Å². The van der Waals surface area contributed by atoms with Crippen molar-refractivity contribution in [1.29, 1.82) is 0 Å². The van der Waals surface area contributed by atoms with Gasteiger partial charge in [-0.1, -0.05) is 25.5 Å². The van der Waals surface area contributed by atoms with E-state index in [2.05, 4.69) is 10.6 Å². The molecular weight excluding hydrogens is 270 g/mol. The first-order valence-corrected chi connectivity index (χ1v) is 7.27. The Morgan fingerprint density at radius 3 is 2.67 bits per heavy atom. The summed E-state index contributed by atoms with van der Waals surface area (Å²) in [6.07, 6.45) is 1.73. The van der Waals surface area contributed by atoms with Crippen LogP contribution in [-0.2, 0) is 4.79 Å². The second-order valence-corrected chi connectivity index (χ2v) is 4.98. The summed E-state index contributed by atoms with van der Waals surface area (Å²) in [7, 11) is 0. The predicted octanol–water partition coefficient (Wildman–Crippen LogP) is 2.55. The molecule has 1 aromatic rings. The minimum atomic E-state index is -0.403. The normalized spacial score (nSPS) is 13.5. The number of nitrogens with one attached hydrogen (secondary N) is 2. The first kappa shape index (κ1) is 17.1. The molecule has 0 heterocycles. The molecule has 0 aliphatic carbocycles. The Hall–Kier alpha value is -1.95. The van der Waals surface area contributed by atoms with Crippen LogP contribution < -0.4 is 10.6 Å². The van der Waals surface area contributed by atoms with Crippen molar-refractivity contribution in [2.45, 2.75) is 45.7 Å². The van der Waals surface area contributed by atoms with Gasteiger partial charge in [-0.25, -0.2) is 0 Å². The maximum Gasteiger partial charge on any atom is 0.269 e. The Balaban J connectivity index is 2.88. The topological polar surface area (TPSA) is 84.3 Å². The molecule has 2 N–H and O–H groups in total. The van der Waals surface area contributed by atoms with Gasteiger partial charge in [0.05, 0.1) is 11.0 Å². The minimum absolute atomic E-state index is 0.0657. The van der Waals surface area contributed by atoms with Gasteiger partial charge in [-0.05, 0) is 25.8 Å². The molecule has 0 saturated carbocycles. The fourth-order valence-corrected chi connectivity index (χ4v) is 2.19. The molecule has 1 aromatic carbocycles. The SMILES string of the molecule is CCCC(NC(C)C(=O)NCC)c1cccc([N+](=O)[O-])c1. The first-order valence-electron chi connectivity index (χ1n) is 7.27. The van der Waals surface area contributed by atoms with Crippen LogP contribution in [0.15, 0.2) is 24.3 Å². The van der Waals surface area contributed by atoms with E-state index < -0.39 is 4.92 Å². The number of carbonyl (C=O) groups excluding carboxylic acids is 1. The summed E-state index contributed by atoms with van der Waals surface area (Å²) >= 11 is 0. The van der Waals surface area contributed by atoms with Gasteiger partial charge in [0.1, 0.15) is 0 Å². The molecule has 0 aliphatic rings. The van der Waals surface area contributed by atoms with Crippen molar-refractivity contribution in [3.63, 3.8) is 0 Å². The Morgan fingerprint density at radius 2 is 2.10 bits per heavy atom. The van der Waals surface area contributed by atoms with Gasteiger partial charge >= 0.3 is 0 Å². The molecule has 0 fully saturated rings. The van der Waals surface area contributed by atoms with Gasteiger partial charge in [0, 0.05) is 24.7 Å². The van der Waals surface area contributed by atoms with E-state index in [1.165, 1.54) is 6.07 Å². The van der Waals surface area contributed by atoms with Gasteiger partial charge in [-0.3, -0.25) is 20.2 Å². The maximum absolute atomic E-state index is 11.8. The highest BCUT2D eigenvalue weighted by Crippen LogP contribution is 2.23. The number of carbonyl (C=O) groups is 1. The summed E-state index contributed by atoms with van der Waals surface area (Å²) in [5.41, 5.74) is 0.906. The van der Waals surface area contributed by atoms with Crippen LogP contribution in [0.3, 0.4) is 0 Å². The fraction of sp³-hybridized carbons (Fsp3) is 0.533. The zero-order chi connectivity index (χ0) is 15.8. The highest BCUT2D eigenvalue weighted by atomic mass is 16.6. The third-order valence-electron chi connectivity index (χ3n) is 3.26. The van der Waals surface area contributed by atoms with Crippen LogP contribution in [0, 0.1) is 10.1 Å². The smallest absolute Gasteiger partial charge is 0.269 e. The third-order valence-corrected chi connectivity index (χ3v) is 3.26. The van der Waals surface area contributed by atoms with Crippen LogP contribution >= 0.6 is 0 Å². The number of non-ortho nitro benzene ring substituents is 1. The molecule has 1 amide bonds. The van der Waals surface area contributed by atoms with Crippen LogP contribution in [0.5, 0.6) is 0 Å². The number of nitro groups is 1. The van der Waals surface area contributed by atoms with E-state index in [0.717, 1.165) is 18.4 Å². The largest absolute Gasteiger partial charge is 0.355 e. The standard InChI is InChI=1S/C15H23N3O3/c1-4-7-14(17-11(3)15(19)16-5-2)12-8-6-9-13(10-12)18(20)21/h6,8-11,14,17H,4-5,7H2,1-3H3,(H,16,19). The van der Waals surface area contributed by atoms with E-state index >= 15 is 0 Å². The minimum Gasteiger partial charge on any atom is -0.355 e. The van der Waals surface area contributed by atoms with Crippen LogP contribution in [0.25, 0.3) is 0 Å². The second-order valence-electron chi connectivity index (χ2n) is 4.98. The molecule has 0 aromatic heterocycles. The van der Waals surface area contributed by atoms with Crippen molar-refractivity contribution in [3.05, 3.63) is 39.9 Å². The van der Waals surface area contributed by atoms with Gasteiger partial charge in [-0.15, -0.1) is 0 Å². The Bertz CT molecular complexity index is 491. The second kappa shape index (κ2) is 8.36. The molecule has 116 valence electrons. The molecule has 6 heteroatoms. The van der Waals surface area contributed by atoms with E-state index in [1.54, 1.807) is 19.1 Å². The molecular formula is C15H23N3O3. The number of amides is 1. The number of hydrogen-bond acceptors (Lipinski definition) is 4. The van der Waals surface area contributed by atoms with E-state index in [-0.39, 0.29) is 23.7 Å². The zero-order valence-corrected chi connectivity index (χ0v) is 12.8. The van der Waals surface area contributed by atoms with Crippen LogP contribution in [0.1, 0.15) is 45.2 Å². The van der Waals surface area contributed by atoms with Crippen molar-refractivity contribution >= 4 is 11.6 Å². The van der Waals surface area contributed by atoms with Gasteiger partial charge in [0.2, 0.25) is 5.91 Å². The van der Waals surface area contributed by atoms with E-state index in [4.69, 9.17) is 0 Å². The lowest BCUT2D eigenvalue weighted by Gasteiger charge is -2.23. The Labute approximate surface area is 125 Å². The lowest BCUT2D eigenvalue weighted by Crippen LogP contribution is -2.43. The average Bonchev–Trinajstić information content (AvgIpc) is 2.47. The summed E-state index contributed by atoms with van der Waals surface area (Å²) < 4.78 is 0. The molecule has 1 rings (SSSR count). The van der Waals surface area contributed by atoms with Gasteiger partial charge in [0.25, 0.3) is 5.69 Å². The number of hydrogen-bond donors (Lipinski definition) is 2. The monoisotopic (exact) mass is 293 g/mol. The first-order chi connectivity index (χ1) is 9.99. The highest BCUT2D eigenvalue weighted by molar-refractivity contribution is 5.81. The van der Waals surface area contributed by atoms with Crippen LogP contribution in [0.4, 0.5) is 5.69 Å². The summed E-state index contributed by atoms with van der Waals surface area (Å²) in [4.78, 5) is 22.3. The fourth-order valence-electron chi connectivity index (χ4n) is 2.19. The average molecular weight is 293 g/mol. The van der Waals surface area contributed by atoms with Crippen molar-refractivity contribution < 1.29 is 9.72 Å². The summed E-state index contributed by atoms with van der Waals surface area (Å²) in [5, 5.41) is 16.9. The maximum atomic E-state index is 11.8. The number of nitrogens with zero attached hydrogens (tertiary/aromatic N) is 1. The summed E-state index contributed by atoms with van der Waals surface area (Å²) in [6.45, 7) is 6.29. The molecule has 0 bridgehead atoms. The Morgan fingerprint density at radius 1 is 1.38 bits per heavy atom. The van der Waals surface area contributed by atoms with Crippen LogP contribution in [0.2, 0.25) is 0 Å².